The van der Waals surface area contributed by atoms with Gasteiger partial charge in [0.25, 0.3) is 0 Å². The van der Waals surface area contributed by atoms with Gasteiger partial charge in [-0.15, -0.1) is 0 Å². The molecule has 0 N–H and O–H groups in total. The monoisotopic (exact) mass is 294 g/mol. The van der Waals surface area contributed by atoms with Crippen molar-refractivity contribution in [3.8, 4) is 6.07 Å². The van der Waals surface area contributed by atoms with Crippen molar-refractivity contribution in [3.05, 3.63) is 22.3 Å². The van der Waals surface area contributed by atoms with Crippen molar-refractivity contribution in [3.63, 3.8) is 0 Å². The third-order valence-corrected chi connectivity index (χ3v) is 3.51. The highest BCUT2D eigenvalue weighted by Gasteiger charge is 2.19. The Morgan fingerprint density at radius 1 is 1.41 bits per heavy atom. The Balaban J connectivity index is 2.03. The van der Waals surface area contributed by atoms with Crippen molar-refractivity contribution in [2.45, 2.75) is 6.92 Å². The molecule has 0 amide bonds. The molecule has 1 saturated heterocycles. The quantitative estimate of drug-likeness (QED) is 0.780. The molecule has 90 valence electrons. The normalized spacial score (nSPS) is 16.9. The molecule has 17 heavy (non-hydrogen) atoms. The van der Waals surface area contributed by atoms with Crippen LogP contribution in [0.4, 0.5) is 5.82 Å². The molecule has 2 rings (SSSR count). The first kappa shape index (κ1) is 12.3. The maximum absolute atomic E-state index is 8.65. The number of pyridine rings is 1. The number of aromatic nitrogens is 1. The molecule has 0 bridgehead atoms. The Labute approximate surface area is 110 Å². The van der Waals surface area contributed by atoms with Gasteiger partial charge in [0.15, 0.2) is 0 Å². The number of hydrogen-bond donors (Lipinski definition) is 0. The first-order chi connectivity index (χ1) is 8.20. The van der Waals surface area contributed by atoms with Crippen LogP contribution >= 0.6 is 15.9 Å². The van der Waals surface area contributed by atoms with Crippen LogP contribution in [0.1, 0.15) is 5.56 Å². The summed E-state index contributed by atoms with van der Waals surface area (Å²) < 4.78 is 1.05. The fraction of sp³-hybridized carbons (Fsp3) is 0.500. The molecule has 0 aliphatic carbocycles. The Morgan fingerprint density at radius 3 is 2.71 bits per heavy atom. The first-order valence-corrected chi connectivity index (χ1v) is 6.46. The van der Waals surface area contributed by atoms with Crippen molar-refractivity contribution in [1.29, 1.82) is 5.26 Å². The summed E-state index contributed by atoms with van der Waals surface area (Å²) in [5.41, 5.74) is 1.16. The van der Waals surface area contributed by atoms with E-state index in [2.05, 4.69) is 42.8 Å². The molecule has 1 aliphatic heterocycles. The van der Waals surface area contributed by atoms with E-state index in [-0.39, 0.29) is 0 Å². The van der Waals surface area contributed by atoms with E-state index in [0.717, 1.165) is 42.0 Å². The maximum Gasteiger partial charge on any atom is 0.142 e. The van der Waals surface area contributed by atoms with E-state index < -0.39 is 0 Å². The van der Waals surface area contributed by atoms with Crippen LogP contribution < -0.4 is 4.90 Å². The van der Waals surface area contributed by atoms with Crippen LogP contribution in [0.25, 0.3) is 0 Å². The second-order valence-electron chi connectivity index (χ2n) is 4.24. The van der Waals surface area contributed by atoms with E-state index in [1.807, 2.05) is 13.1 Å². The number of hydrogen-bond acceptors (Lipinski definition) is 4. The van der Waals surface area contributed by atoms with Gasteiger partial charge in [0.1, 0.15) is 5.82 Å². The molecule has 2 heterocycles. The van der Waals surface area contributed by atoms with E-state index in [4.69, 9.17) is 5.26 Å². The number of rotatable bonds is 2. The highest BCUT2D eigenvalue weighted by molar-refractivity contribution is 9.10. The molecular formula is C12H15BrN4. The van der Waals surface area contributed by atoms with Crippen molar-refractivity contribution in [1.82, 2.24) is 9.88 Å². The summed E-state index contributed by atoms with van der Waals surface area (Å²) >= 11 is 3.56. The van der Waals surface area contributed by atoms with Gasteiger partial charge in [-0.05, 0) is 34.5 Å². The van der Waals surface area contributed by atoms with Crippen LogP contribution in [0.15, 0.2) is 16.7 Å². The topological polar surface area (TPSA) is 43.2 Å². The molecule has 0 spiro atoms. The summed E-state index contributed by atoms with van der Waals surface area (Å²) in [6, 6.07) is 4.28. The van der Waals surface area contributed by atoms with Crippen LogP contribution in [0, 0.1) is 18.3 Å². The lowest BCUT2D eigenvalue weighted by Gasteiger charge is -2.34. The number of nitrogens with zero attached hydrogens (tertiary/aromatic N) is 4. The maximum atomic E-state index is 8.65. The van der Waals surface area contributed by atoms with Crippen LogP contribution in [0.3, 0.4) is 0 Å². The van der Waals surface area contributed by atoms with Crippen LogP contribution in [0.2, 0.25) is 0 Å². The fourth-order valence-corrected chi connectivity index (χ4v) is 2.69. The van der Waals surface area contributed by atoms with Crippen LogP contribution in [-0.4, -0.2) is 42.6 Å². The molecule has 0 saturated carbocycles. The van der Waals surface area contributed by atoms with Gasteiger partial charge in [0.05, 0.1) is 17.1 Å². The Morgan fingerprint density at radius 2 is 2.12 bits per heavy atom. The summed E-state index contributed by atoms with van der Waals surface area (Å²) in [4.78, 5) is 8.89. The van der Waals surface area contributed by atoms with Crippen molar-refractivity contribution >= 4 is 21.7 Å². The molecule has 1 fully saturated rings. The largest absolute Gasteiger partial charge is 0.353 e. The van der Waals surface area contributed by atoms with E-state index >= 15 is 0 Å². The summed E-state index contributed by atoms with van der Waals surface area (Å²) in [6.07, 6.45) is 1.89. The molecule has 1 aromatic heterocycles. The van der Waals surface area contributed by atoms with Gasteiger partial charge in [0.2, 0.25) is 0 Å². The van der Waals surface area contributed by atoms with Crippen molar-refractivity contribution in [2.24, 2.45) is 0 Å². The second kappa shape index (κ2) is 5.48. The van der Waals surface area contributed by atoms with Gasteiger partial charge in [0, 0.05) is 32.4 Å². The fourth-order valence-electron chi connectivity index (χ4n) is 1.98. The lowest BCUT2D eigenvalue weighted by Crippen LogP contribution is -2.46. The molecule has 0 aromatic carbocycles. The standard InChI is InChI=1S/C12H15BrN4/c1-10-8-11(13)12(15-9-10)17-6-4-16(3-2-14)5-7-17/h8-9H,3-7H2,1H3. The van der Waals surface area contributed by atoms with Gasteiger partial charge in [-0.3, -0.25) is 4.90 Å². The Bertz CT molecular complexity index is 433. The van der Waals surface area contributed by atoms with Gasteiger partial charge in [-0.25, -0.2) is 4.98 Å². The second-order valence-corrected chi connectivity index (χ2v) is 5.09. The van der Waals surface area contributed by atoms with E-state index in [1.165, 1.54) is 0 Å². The minimum atomic E-state index is 0.524. The van der Waals surface area contributed by atoms with E-state index in [0.29, 0.717) is 6.54 Å². The average Bonchev–Trinajstić information content (AvgIpc) is 2.31. The number of halogens is 1. The molecule has 4 nitrogen and oxygen atoms in total. The van der Waals surface area contributed by atoms with E-state index in [9.17, 15) is 0 Å². The summed E-state index contributed by atoms with van der Waals surface area (Å²) in [6.45, 7) is 6.26. The molecule has 5 heteroatoms. The zero-order valence-electron chi connectivity index (χ0n) is 9.86. The predicted octanol–water partition coefficient (Wildman–Crippen LogP) is 1.80. The minimum absolute atomic E-state index is 0.524. The van der Waals surface area contributed by atoms with Gasteiger partial charge >= 0.3 is 0 Å². The molecule has 0 atom stereocenters. The number of nitriles is 1. The zero-order valence-corrected chi connectivity index (χ0v) is 11.4. The molecule has 0 unspecified atom stereocenters. The lowest BCUT2D eigenvalue weighted by atomic mass is 10.2. The number of piperazine rings is 1. The van der Waals surface area contributed by atoms with Crippen LogP contribution in [0.5, 0.6) is 0 Å². The average molecular weight is 295 g/mol. The van der Waals surface area contributed by atoms with Gasteiger partial charge in [-0.1, -0.05) is 0 Å². The highest BCUT2D eigenvalue weighted by atomic mass is 79.9. The SMILES string of the molecule is Cc1cnc(N2CCN(CC#N)CC2)c(Br)c1. The third-order valence-electron chi connectivity index (χ3n) is 2.92. The Kier molecular flexibility index (Phi) is 3.97. The van der Waals surface area contributed by atoms with Gasteiger partial charge < -0.3 is 4.90 Å². The minimum Gasteiger partial charge on any atom is -0.353 e. The van der Waals surface area contributed by atoms with Crippen molar-refractivity contribution < 1.29 is 0 Å². The third kappa shape index (κ3) is 2.96. The molecule has 0 radical (unpaired) electrons. The Hall–Kier alpha value is -1.12. The number of aryl methyl sites for hydroxylation is 1. The number of anilines is 1. The van der Waals surface area contributed by atoms with E-state index in [1.54, 1.807) is 0 Å². The summed E-state index contributed by atoms with van der Waals surface area (Å²) in [7, 11) is 0. The van der Waals surface area contributed by atoms with Crippen LogP contribution in [-0.2, 0) is 0 Å². The van der Waals surface area contributed by atoms with Gasteiger partial charge in [-0.2, -0.15) is 5.26 Å². The highest BCUT2D eigenvalue weighted by Crippen LogP contribution is 2.25. The molecule has 1 aromatic rings. The predicted molar refractivity (Wildman–Crippen MR) is 70.9 cm³/mol. The zero-order chi connectivity index (χ0) is 12.3. The first-order valence-electron chi connectivity index (χ1n) is 5.67. The molecule has 1 aliphatic rings. The summed E-state index contributed by atoms with van der Waals surface area (Å²) in [5.74, 6) is 1.01. The summed E-state index contributed by atoms with van der Waals surface area (Å²) in [5, 5.41) is 8.65. The molecular weight excluding hydrogens is 280 g/mol. The smallest absolute Gasteiger partial charge is 0.142 e. The van der Waals surface area contributed by atoms with Crippen molar-refractivity contribution in [2.75, 3.05) is 37.6 Å². The lowest BCUT2D eigenvalue weighted by molar-refractivity contribution is 0.286.